The molecular weight excluding hydrogens is 220 g/mol. The van der Waals surface area contributed by atoms with Gasteiger partial charge in [-0.25, -0.2) is 0 Å². The second kappa shape index (κ2) is 5.65. The molecule has 0 spiro atoms. The number of rotatable bonds is 3. The van der Waals surface area contributed by atoms with Gasteiger partial charge in [0.1, 0.15) is 11.9 Å². The van der Waals surface area contributed by atoms with Crippen LogP contribution in [-0.2, 0) is 9.53 Å². The largest absolute Gasteiger partial charge is 0.497 e. The van der Waals surface area contributed by atoms with Gasteiger partial charge in [-0.1, -0.05) is 0 Å². The zero-order valence-corrected chi connectivity index (χ0v) is 9.73. The number of methoxy groups -OCH3 is 1. The van der Waals surface area contributed by atoms with Crippen LogP contribution in [0.3, 0.4) is 0 Å². The fraction of sp³-hybridized carbons (Fsp3) is 0.417. The number of nitrogens with one attached hydrogen (secondary N) is 2. The summed E-state index contributed by atoms with van der Waals surface area (Å²) in [6.45, 7) is 1.93. The topological polar surface area (TPSA) is 59.6 Å². The van der Waals surface area contributed by atoms with Crippen LogP contribution in [0.1, 0.15) is 0 Å². The van der Waals surface area contributed by atoms with E-state index in [1.165, 1.54) is 0 Å². The van der Waals surface area contributed by atoms with Crippen molar-refractivity contribution in [1.29, 1.82) is 0 Å². The van der Waals surface area contributed by atoms with Crippen molar-refractivity contribution in [3.05, 3.63) is 24.3 Å². The molecule has 0 aromatic heterocycles. The van der Waals surface area contributed by atoms with Crippen LogP contribution in [0.5, 0.6) is 5.75 Å². The lowest BCUT2D eigenvalue weighted by Crippen LogP contribution is -2.45. The van der Waals surface area contributed by atoms with E-state index in [2.05, 4.69) is 10.6 Å². The highest BCUT2D eigenvalue weighted by molar-refractivity contribution is 5.94. The molecule has 0 aliphatic carbocycles. The summed E-state index contributed by atoms with van der Waals surface area (Å²) in [6, 6.07) is 7.20. The second-order valence-electron chi connectivity index (χ2n) is 3.78. The van der Waals surface area contributed by atoms with Crippen molar-refractivity contribution in [3.63, 3.8) is 0 Å². The molecule has 1 unspecified atom stereocenters. The summed E-state index contributed by atoms with van der Waals surface area (Å²) in [5.74, 6) is 0.640. The van der Waals surface area contributed by atoms with Crippen LogP contribution in [0.4, 0.5) is 5.69 Å². The van der Waals surface area contributed by atoms with Crippen LogP contribution < -0.4 is 15.4 Å². The number of amides is 1. The second-order valence-corrected chi connectivity index (χ2v) is 3.78. The molecule has 1 amide bonds. The standard InChI is InChI=1S/C12H16N2O3/c1-16-10-4-2-9(3-5-10)14-12(15)11-8-13-6-7-17-11/h2-5,11,13H,6-8H2,1H3,(H,14,15). The molecule has 2 N–H and O–H groups in total. The molecule has 0 bridgehead atoms. The van der Waals surface area contributed by atoms with Crippen molar-refractivity contribution in [2.24, 2.45) is 0 Å². The summed E-state index contributed by atoms with van der Waals surface area (Å²) in [5.41, 5.74) is 0.741. The molecule has 17 heavy (non-hydrogen) atoms. The van der Waals surface area contributed by atoms with E-state index < -0.39 is 6.10 Å². The average molecular weight is 236 g/mol. The predicted molar refractivity (Wildman–Crippen MR) is 64.2 cm³/mol. The third kappa shape index (κ3) is 3.18. The van der Waals surface area contributed by atoms with Crippen LogP contribution >= 0.6 is 0 Å². The quantitative estimate of drug-likeness (QED) is 0.808. The Labute approximate surface area is 100 Å². The zero-order valence-electron chi connectivity index (χ0n) is 9.73. The first-order valence-corrected chi connectivity index (χ1v) is 5.57. The minimum atomic E-state index is -0.411. The molecule has 1 fully saturated rings. The number of benzene rings is 1. The molecule has 1 atom stereocenters. The molecule has 1 aromatic rings. The highest BCUT2D eigenvalue weighted by atomic mass is 16.5. The summed E-state index contributed by atoms with van der Waals surface area (Å²) in [7, 11) is 1.61. The van der Waals surface area contributed by atoms with Crippen molar-refractivity contribution < 1.29 is 14.3 Å². The minimum absolute atomic E-state index is 0.123. The van der Waals surface area contributed by atoms with Gasteiger partial charge in [0, 0.05) is 18.8 Å². The SMILES string of the molecule is COc1ccc(NC(=O)C2CNCCO2)cc1. The maximum absolute atomic E-state index is 11.8. The fourth-order valence-electron chi connectivity index (χ4n) is 1.63. The Bertz CT molecular complexity index is 372. The van der Waals surface area contributed by atoms with Gasteiger partial charge in [0.05, 0.1) is 13.7 Å². The van der Waals surface area contributed by atoms with Crippen LogP contribution in [0.2, 0.25) is 0 Å². The highest BCUT2D eigenvalue weighted by Gasteiger charge is 2.21. The predicted octanol–water partition coefficient (Wildman–Crippen LogP) is 0.622. The third-order valence-electron chi connectivity index (χ3n) is 2.58. The lowest BCUT2D eigenvalue weighted by atomic mass is 10.2. The summed E-state index contributed by atoms with van der Waals surface area (Å²) >= 11 is 0. The first-order chi connectivity index (χ1) is 8.29. The summed E-state index contributed by atoms with van der Waals surface area (Å²) in [5, 5.41) is 5.92. The molecule has 1 aromatic carbocycles. The number of anilines is 1. The Morgan fingerprint density at radius 2 is 2.24 bits per heavy atom. The van der Waals surface area contributed by atoms with Crippen molar-refractivity contribution in [3.8, 4) is 5.75 Å². The molecule has 92 valence electrons. The summed E-state index contributed by atoms with van der Waals surface area (Å²) in [6.07, 6.45) is -0.411. The van der Waals surface area contributed by atoms with E-state index in [1.807, 2.05) is 0 Å². The van der Waals surface area contributed by atoms with Crippen LogP contribution in [-0.4, -0.2) is 38.8 Å². The monoisotopic (exact) mass is 236 g/mol. The van der Waals surface area contributed by atoms with E-state index in [-0.39, 0.29) is 5.91 Å². The van der Waals surface area contributed by atoms with E-state index >= 15 is 0 Å². The van der Waals surface area contributed by atoms with Crippen LogP contribution in [0, 0.1) is 0 Å². The Hall–Kier alpha value is -1.59. The smallest absolute Gasteiger partial charge is 0.254 e. The van der Waals surface area contributed by atoms with Crippen molar-refractivity contribution >= 4 is 11.6 Å². The van der Waals surface area contributed by atoms with Gasteiger partial charge in [-0.3, -0.25) is 4.79 Å². The first-order valence-electron chi connectivity index (χ1n) is 5.57. The minimum Gasteiger partial charge on any atom is -0.497 e. The van der Waals surface area contributed by atoms with Gasteiger partial charge in [-0.05, 0) is 24.3 Å². The van der Waals surface area contributed by atoms with Crippen molar-refractivity contribution in [1.82, 2.24) is 5.32 Å². The molecule has 2 rings (SSSR count). The van der Waals surface area contributed by atoms with Gasteiger partial charge in [0.15, 0.2) is 0 Å². The Morgan fingerprint density at radius 1 is 1.47 bits per heavy atom. The highest BCUT2D eigenvalue weighted by Crippen LogP contribution is 2.15. The van der Waals surface area contributed by atoms with E-state index in [0.717, 1.165) is 18.0 Å². The van der Waals surface area contributed by atoms with E-state index in [4.69, 9.17) is 9.47 Å². The first kappa shape index (κ1) is 11.9. The number of hydrogen-bond acceptors (Lipinski definition) is 4. The Balaban J connectivity index is 1.92. The van der Waals surface area contributed by atoms with Crippen LogP contribution in [0.25, 0.3) is 0 Å². The molecule has 1 saturated heterocycles. The molecular formula is C12H16N2O3. The summed E-state index contributed by atoms with van der Waals surface area (Å²) in [4.78, 5) is 11.8. The Kier molecular flexibility index (Phi) is 3.95. The van der Waals surface area contributed by atoms with Crippen molar-refractivity contribution in [2.45, 2.75) is 6.10 Å². The fourth-order valence-corrected chi connectivity index (χ4v) is 1.63. The molecule has 1 aliphatic rings. The molecule has 0 radical (unpaired) electrons. The van der Waals surface area contributed by atoms with E-state index in [1.54, 1.807) is 31.4 Å². The van der Waals surface area contributed by atoms with Gasteiger partial charge < -0.3 is 20.1 Å². The normalized spacial score (nSPS) is 19.7. The number of carbonyl (C=O) groups is 1. The van der Waals surface area contributed by atoms with Gasteiger partial charge >= 0.3 is 0 Å². The molecule has 5 nitrogen and oxygen atoms in total. The maximum atomic E-state index is 11.8. The van der Waals surface area contributed by atoms with E-state index in [0.29, 0.717) is 13.2 Å². The molecule has 5 heteroatoms. The van der Waals surface area contributed by atoms with Gasteiger partial charge in [-0.15, -0.1) is 0 Å². The third-order valence-corrected chi connectivity index (χ3v) is 2.58. The molecule has 0 saturated carbocycles. The van der Waals surface area contributed by atoms with Crippen molar-refractivity contribution in [2.75, 3.05) is 32.1 Å². The zero-order chi connectivity index (χ0) is 12.1. The molecule has 1 heterocycles. The number of hydrogen-bond donors (Lipinski definition) is 2. The van der Waals surface area contributed by atoms with Crippen LogP contribution in [0.15, 0.2) is 24.3 Å². The number of morpholine rings is 1. The van der Waals surface area contributed by atoms with Gasteiger partial charge in [0.2, 0.25) is 0 Å². The lowest BCUT2D eigenvalue weighted by molar-refractivity contribution is -0.128. The Morgan fingerprint density at radius 3 is 2.82 bits per heavy atom. The lowest BCUT2D eigenvalue weighted by Gasteiger charge is -2.22. The number of carbonyl (C=O) groups excluding carboxylic acids is 1. The molecule has 1 aliphatic heterocycles. The maximum Gasteiger partial charge on any atom is 0.254 e. The summed E-state index contributed by atoms with van der Waals surface area (Å²) < 4.78 is 10.4. The van der Waals surface area contributed by atoms with E-state index in [9.17, 15) is 4.79 Å². The number of ether oxygens (including phenoxy) is 2. The van der Waals surface area contributed by atoms with Gasteiger partial charge in [0.25, 0.3) is 5.91 Å². The van der Waals surface area contributed by atoms with Gasteiger partial charge in [-0.2, -0.15) is 0 Å². The average Bonchev–Trinajstić information content (AvgIpc) is 2.40.